The Morgan fingerprint density at radius 3 is 1.76 bits per heavy atom. The van der Waals surface area contributed by atoms with Gasteiger partial charge in [0.1, 0.15) is 36.3 Å². The number of carboxylic acids is 3. The maximum absolute atomic E-state index is 12.5. The monoisotopic (exact) mass is 547 g/mol. The van der Waals surface area contributed by atoms with Crippen molar-refractivity contribution in [2.45, 2.75) is 89.2 Å². The van der Waals surface area contributed by atoms with Crippen LogP contribution in [0, 0.1) is 0 Å². The third-order valence-electron chi connectivity index (χ3n) is 5.46. The molecule has 0 aromatic carbocycles. The van der Waals surface area contributed by atoms with Gasteiger partial charge in [0, 0.05) is 13.5 Å². The van der Waals surface area contributed by atoms with Crippen LogP contribution in [0.15, 0.2) is 0 Å². The summed E-state index contributed by atoms with van der Waals surface area (Å²) in [5.74, 6) is -7.03. The fraction of sp³-hybridized carbons (Fsp3) is 0.682. The summed E-state index contributed by atoms with van der Waals surface area (Å²) in [4.78, 5) is 82.6. The summed E-state index contributed by atoms with van der Waals surface area (Å²) < 4.78 is 4.83. The van der Waals surface area contributed by atoms with E-state index in [1.807, 2.05) is 0 Å². The number of amides is 4. The first-order valence-electron chi connectivity index (χ1n) is 11.8. The van der Waals surface area contributed by atoms with Crippen molar-refractivity contribution in [3.63, 3.8) is 0 Å². The number of rotatable bonds is 18. The van der Waals surface area contributed by atoms with Crippen molar-refractivity contribution in [1.82, 2.24) is 21.3 Å². The van der Waals surface area contributed by atoms with Gasteiger partial charge in [0.2, 0.25) is 23.6 Å². The Kier molecular flexibility index (Phi) is 15.2. The zero-order valence-electron chi connectivity index (χ0n) is 21.7. The van der Waals surface area contributed by atoms with Gasteiger partial charge in [0.25, 0.3) is 0 Å². The highest BCUT2D eigenvalue weighted by molar-refractivity contribution is 5.92. The van der Waals surface area contributed by atoms with Gasteiger partial charge in [-0.2, -0.15) is 0 Å². The highest BCUT2D eigenvalue weighted by atomic mass is 16.5. The van der Waals surface area contributed by atoms with Gasteiger partial charge in [-0.15, -0.1) is 0 Å². The molecule has 0 aliphatic heterocycles. The molecule has 16 nitrogen and oxygen atoms in total. The normalized spacial score (nSPS) is 15.5. The Morgan fingerprint density at radius 1 is 0.684 bits per heavy atom. The van der Waals surface area contributed by atoms with Crippen LogP contribution in [0.3, 0.4) is 0 Å². The quantitative estimate of drug-likeness (QED) is 0.0887. The number of carbonyl (C=O) groups is 7. The lowest BCUT2D eigenvalue weighted by Crippen LogP contribution is -2.52. The minimum absolute atomic E-state index is 0.0194. The minimum atomic E-state index is -1.50. The topological polar surface area (TPSA) is 264 Å². The third-order valence-corrected chi connectivity index (χ3v) is 5.46. The number of carboxylic acid groups (broad SMARTS) is 3. The first-order valence-corrected chi connectivity index (χ1v) is 11.8. The zero-order valence-corrected chi connectivity index (χ0v) is 21.7. The standard InChI is InChI=1S/C22H37N5O11/c1-10(24-18(30)12(3)38-4)17(29)27-15(22(36)37)8-9-16(28)26-14(7-5-6-13(23)21(34)35)19(31)25-11(2)20(32)33/h10-15H,5-9,23H2,1-4H3,(H,24,30)(H,25,31)(H,26,28)(H,27,29)(H,32,33)(H,34,35)(H,36,37)/t10-,11+,12+,13+,14-,15+/m0/s1. The molecular formula is C22H37N5O11. The molecule has 0 radical (unpaired) electrons. The summed E-state index contributed by atoms with van der Waals surface area (Å²) in [5.41, 5.74) is 5.43. The van der Waals surface area contributed by atoms with Crippen LogP contribution in [0.2, 0.25) is 0 Å². The van der Waals surface area contributed by atoms with Crippen molar-refractivity contribution in [2.75, 3.05) is 7.11 Å². The third kappa shape index (κ3) is 13.0. The van der Waals surface area contributed by atoms with Gasteiger partial charge in [-0.05, 0) is 46.5 Å². The molecule has 16 heteroatoms. The molecule has 0 spiro atoms. The van der Waals surface area contributed by atoms with E-state index in [9.17, 15) is 38.7 Å². The predicted molar refractivity (Wildman–Crippen MR) is 130 cm³/mol. The van der Waals surface area contributed by atoms with Crippen LogP contribution in [0.4, 0.5) is 0 Å². The maximum atomic E-state index is 12.5. The van der Waals surface area contributed by atoms with E-state index in [2.05, 4.69) is 21.3 Å². The Balaban J connectivity index is 5.15. The number of hydrogen-bond donors (Lipinski definition) is 8. The number of hydrogen-bond acceptors (Lipinski definition) is 9. The Labute approximate surface area is 219 Å². The molecular weight excluding hydrogens is 510 g/mol. The molecule has 216 valence electrons. The van der Waals surface area contributed by atoms with E-state index in [4.69, 9.17) is 20.7 Å². The number of nitrogens with two attached hydrogens (primary N) is 1. The number of aliphatic carboxylic acids is 3. The average Bonchev–Trinajstić information content (AvgIpc) is 2.84. The minimum Gasteiger partial charge on any atom is -0.480 e. The summed E-state index contributed by atoms with van der Waals surface area (Å²) in [5, 5.41) is 36.4. The van der Waals surface area contributed by atoms with E-state index in [-0.39, 0.29) is 25.7 Å². The second kappa shape index (κ2) is 16.9. The van der Waals surface area contributed by atoms with Crippen molar-refractivity contribution in [2.24, 2.45) is 5.73 Å². The summed E-state index contributed by atoms with van der Waals surface area (Å²) in [6, 6.07) is -6.32. The molecule has 0 fully saturated rings. The van der Waals surface area contributed by atoms with Crippen molar-refractivity contribution < 1.29 is 53.6 Å². The lowest BCUT2D eigenvalue weighted by molar-refractivity contribution is -0.143. The molecule has 0 unspecified atom stereocenters. The van der Waals surface area contributed by atoms with Gasteiger partial charge in [0.15, 0.2) is 0 Å². The first kappa shape index (κ1) is 34.2. The molecule has 0 aliphatic rings. The molecule has 0 aromatic heterocycles. The molecule has 6 atom stereocenters. The van der Waals surface area contributed by atoms with Gasteiger partial charge in [-0.3, -0.25) is 28.8 Å². The zero-order chi connectivity index (χ0) is 29.6. The Bertz CT molecular complexity index is 882. The van der Waals surface area contributed by atoms with E-state index in [1.165, 1.54) is 27.9 Å². The lowest BCUT2D eigenvalue weighted by Gasteiger charge is -2.22. The molecule has 38 heavy (non-hydrogen) atoms. The smallest absolute Gasteiger partial charge is 0.326 e. The largest absolute Gasteiger partial charge is 0.480 e. The number of nitrogens with one attached hydrogen (secondary N) is 4. The summed E-state index contributed by atoms with van der Waals surface area (Å²) >= 11 is 0. The fourth-order valence-electron chi connectivity index (χ4n) is 2.91. The lowest BCUT2D eigenvalue weighted by atomic mass is 10.0. The highest BCUT2D eigenvalue weighted by Gasteiger charge is 2.28. The van der Waals surface area contributed by atoms with E-state index in [0.29, 0.717) is 0 Å². The van der Waals surface area contributed by atoms with Crippen molar-refractivity contribution in [1.29, 1.82) is 0 Å². The SMILES string of the molecule is CO[C@H](C)C(=O)N[C@@H](C)C(=O)N[C@H](CCC(=O)N[C@@H](CCC[C@@H](N)C(=O)O)C(=O)N[C@H](C)C(=O)O)C(=O)O. The molecule has 0 aliphatic carbocycles. The first-order chi connectivity index (χ1) is 17.6. The second-order valence-corrected chi connectivity index (χ2v) is 8.61. The van der Waals surface area contributed by atoms with Crippen LogP contribution in [0.5, 0.6) is 0 Å². The van der Waals surface area contributed by atoms with Crippen LogP contribution < -0.4 is 27.0 Å². The molecule has 0 saturated carbocycles. The van der Waals surface area contributed by atoms with E-state index in [1.54, 1.807) is 0 Å². The van der Waals surface area contributed by atoms with Crippen LogP contribution in [-0.2, 0) is 38.3 Å². The second-order valence-electron chi connectivity index (χ2n) is 8.61. The molecule has 0 rings (SSSR count). The molecule has 0 heterocycles. The Morgan fingerprint density at radius 2 is 1.26 bits per heavy atom. The maximum Gasteiger partial charge on any atom is 0.326 e. The van der Waals surface area contributed by atoms with E-state index in [0.717, 1.165) is 0 Å². The van der Waals surface area contributed by atoms with Crippen LogP contribution in [0.1, 0.15) is 52.9 Å². The number of carbonyl (C=O) groups excluding carboxylic acids is 4. The van der Waals surface area contributed by atoms with Crippen LogP contribution in [0.25, 0.3) is 0 Å². The molecule has 0 aromatic rings. The summed E-state index contributed by atoms with van der Waals surface area (Å²) in [7, 11) is 1.30. The van der Waals surface area contributed by atoms with Crippen molar-refractivity contribution >= 4 is 41.5 Å². The van der Waals surface area contributed by atoms with Crippen LogP contribution in [-0.4, -0.2) is 100 Å². The van der Waals surface area contributed by atoms with Gasteiger partial charge in [-0.1, -0.05) is 0 Å². The van der Waals surface area contributed by atoms with E-state index < -0.39 is 84.3 Å². The Hall–Kier alpha value is -3.79. The molecule has 9 N–H and O–H groups in total. The van der Waals surface area contributed by atoms with Gasteiger partial charge < -0.3 is 47.1 Å². The van der Waals surface area contributed by atoms with Gasteiger partial charge in [0.05, 0.1) is 0 Å². The number of methoxy groups -OCH3 is 1. The molecule has 0 bridgehead atoms. The predicted octanol–water partition coefficient (Wildman–Crippen LogP) is -2.47. The van der Waals surface area contributed by atoms with Crippen molar-refractivity contribution in [3.8, 4) is 0 Å². The molecule has 4 amide bonds. The van der Waals surface area contributed by atoms with Gasteiger partial charge in [-0.25, -0.2) is 4.79 Å². The van der Waals surface area contributed by atoms with Crippen molar-refractivity contribution in [3.05, 3.63) is 0 Å². The van der Waals surface area contributed by atoms with Gasteiger partial charge >= 0.3 is 17.9 Å². The highest BCUT2D eigenvalue weighted by Crippen LogP contribution is 2.07. The van der Waals surface area contributed by atoms with E-state index >= 15 is 0 Å². The summed E-state index contributed by atoms with van der Waals surface area (Å²) in [6.07, 6.45) is -1.63. The van der Waals surface area contributed by atoms with Crippen LogP contribution >= 0.6 is 0 Å². The average molecular weight is 548 g/mol. The fourth-order valence-corrected chi connectivity index (χ4v) is 2.91. The molecule has 0 saturated heterocycles. The number of ether oxygens (including phenoxy) is 1. The summed E-state index contributed by atoms with van der Waals surface area (Å²) in [6.45, 7) is 3.99.